The summed E-state index contributed by atoms with van der Waals surface area (Å²) in [5.74, 6) is -0.187. The van der Waals surface area contributed by atoms with Gasteiger partial charge in [0.25, 0.3) is 5.91 Å². The summed E-state index contributed by atoms with van der Waals surface area (Å²) in [5.41, 5.74) is 7.65. The first-order valence-corrected chi connectivity index (χ1v) is 12.5. The summed E-state index contributed by atoms with van der Waals surface area (Å²) in [4.78, 5) is 21.8. The number of nitrogens with zero attached hydrogens (tertiary/aromatic N) is 7. The lowest BCUT2D eigenvalue weighted by molar-refractivity contribution is -0.141. The molecule has 1 fully saturated rings. The van der Waals surface area contributed by atoms with Crippen molar-refractivity contribution in [3.63, 3.8) is 0 Å². The van der Waals surface area contributed by atoms with Crippen LogP contribution in [-0.4, -0.2) is 65.6 Å². The van der Waals surface area contributed by atoms with E-state index in [1.807, 2.05) is 30.3 Å². The number of nitrogens with one attached hydrogen (secondary N) is 1. The van der Waals surface area contributed by atoms with Crippen LogP contribution in [-0.2, 0) is 12.7 Å². The van der Waals surface area contributed by atoms with Gasteiger partial charge in [0, 0.05) is 42.7 Å². The Hall–Kier alpha value is -4.20. The second-order valence-electron chi connectivity index (χ2n) is 9.74. The van der Waals surface area contributed by atoms with Crippen LogP contribution in [0, 0.1) is 5.92 Å². The molecule has 1 saturated heterocycles. The molecule has 3 atom stereocenters. The van der Waals surface area contributed by atoms with Crippen molar-refractivity contribution in [3.05, 3.63) is 54.5 Å². The summed E-state index contributed by atoms with van der Waals surface area (Å²) in [7, 11) is 0. The topological polar surface area (TPSA) is 139 Å². The average Bonchev–Trinajstić information content (AvgIpc) is 3.61. The molecule has 4 N–H and O–H groups in total. The minimum Gasteiger partial charge on any atom is -0.391 e. The number of hydrogen-bond donors (Lipinski definition) is 3. The summed E-state index contributed by atoms with van der Waals surface area (Å²) in [6.07, 6.45) is 4.27. The Morgan fingerprint density at radius 3 is 2.59 bits per heavy atom. The maximum absolute atomic E-state index is 12.9. The first-order valence-electron chi connectivity index (χ1n) is 12.5. The smallest absolute Gasteiger partial charge is 0.391 e. The third-order valence-corrected chi connectivity index (χ3v) is 6.87. The van der Waals surface area contributed by atoms with Gasteiger partial charge in [0.15, 0.2) is 5.69 Å². The predicted molar refractivity (Wildman–Crippen MR) is 137 cm³/mol. The fourth-order valence-electron chi connectivity index (χ4n) is 4.89. The zero-order valence-electron chi connectivity index (χ0n) is 21.3. The van der Waals surface area contributed by atoms with Crippen molar-refractivity contribution in [3.8, 4) is 11.1 Å². The van der Waals surface area contributed by atoms with E-state index >= 15 is 0 Å². The Morgan fingerprint density at radius 1 is 1.15 bits per heavy atom. The molecule has 0 aromatic carbocycles. The van der Waals surface area contributed by atoms with Gasteiger partial charge in [-0.2, -0.15) is 23.4 Å². The average molecular weight is 544 g/mol. The van der Waals surface area contributed by atoms with E-state index in [0.717, 1.165) is 29.9 Å². The van der Waals surface area contributed by atoms with E-state index in [0.29, 0.717) is 36.7 Å². The summed E-state index contributed by atoms with van der Waals surface area (Å²) in [6.45, 7) is 5.04. The standard InChI is InChI=1S/C25H28F3N9O2/c1-3-15-10-35(22-8-30-21(7-31-22)25(26,27)28)13-19(15)34-23-18(24(29)39)6-33-37-12-16(4-20(23)37)17-5-32-36(11-17)9-14(2)38/h4-8,11-12,14-15,19,34,38H,3,9-10,13H2,1-2H3,(H2,29,39)/t14?,15-,19+/m0/s1. The molecule has 0 bridgehead atoms. The number of hydrogen-bond acceptors (Lipinski definition) is 8. The van der Waals surface area contributed by atoms with Crippen LogP contribution in [0.5, 0.6) is 0 Å². The minimum atomic E-state index is -4.56. The van der Waals surface area contributed by atoms with Crippen molar-refractivity contribution in [2.75, 3.05) is 23.3 Å². The van der Waals surface area contributed by atoms with Crippen LogP contribution in [0.4, 0.5) is 24.7 Å². The molecule has 1 unspecified atom stereocenters. The highest BCUT2D eigenvalue weighted by Gasteiger charge is 2.36. The molecule has 39 heavy (non-hydrogen) atoms. The van der Waals surface area contributed by atoms with Crippen molar-refractivity contribution in [2.24, 2.45) is 11.7 Å². The molecule has 4 aromatic heterocycles. The molecule has 0 spiro atoms. The number of primary amides is 1. The Bertz CT molecular complexity index is 1480. The zero-order chi connectivity index (χ0) is 27.9. The number of halogens is 3. The molecule has 14 heteroatoms. The number of alkyl halides is 3. The van der Waals surface area contributed by atoms with Crippen LogP contribution in [0.25, 0.3) is 16.6 Å². The molecule has 4 aromatic rings. The van der Waals surface area contributed by atoms with Crippen LogP contribution in [0.3, 0.4) is 0 Å². The molecule has 11 nitrogen and oxygen atoms in total. The molecular weight excluding hydrogens is 515 g/mol. The molecule has 0 radical (unpaired) electrons. The molecule has 0 saturated carbocycles. The number of carbonyl (C=O) groups is 1. The second-order valence-corrected chi connectivity index (χ2v) is 9.74. The summed E-state index contributed by atoms with van der Waals surface area (Å²) in [5, 5.41) is 21.8. The lowest BCUT2D eigenvalue weighted by Gasteiger charge is -2.21. The maximum atomic E-state index is 12.9. The Kier molecular flexibility index (Phi) is 6.89. The highest BCUT2D eigenvalue weighted by molar-refractivity contribution is 6.02. The summed E-state index contributed by atoms with van der Waals surface area (Å²) in [6, 6.07) is 1.72. The van der Waals surface area contributed by atoms with Crippen molar-refractivity contribution in [1.82, 2.24) is 29.4 Å². The molecule has 5 rings (SSSR count). The van der Waals surface area contributed by atoms with Crippen molar-refractivity contribution in [1.29, 1.82) is 0 Å². The van der Waals surface area contributed by atoms with E-state index in [2.05, 4.69) is 25.5 Å². The van der Waals surface area contributed by atoms with E-state index in [9.17, 15) is 23.1 Å². The monoisotopic (exact) mass is 543 g/mol. The molecular formula is C25H28F3N9O2. The Morgan fingerprint density at radius 2 is 1.95 bits per heavy atom. The molecule has 1 amide bonds. The van der Waals surface area contributed by atoms with Crippen molar-refractivity contribution >= 4 is 22.9 Å². The van der Waals surface area contributed by atoms with Gasteiger partial charge < -0.3 is 21.1 Å². The fraction of sp³-hybridized carbons (Fsp3) is 0.400. The van der Waals surface area contributed by atoms with Gasteiger partial charge in [-0.15, -0.1) is 0 Å². The number of nitrogens with two attached hydrogens (primary N) is 1. The van der Waals surface area contributed by atoms with E-state index in [1.54, 1.807) is 22.3 Å². The van der Waals surface area contributed by atoms with Gasteiger partial charge in [-0.1, -0.05) is 6.92 Å². The van der Waals surface area contributed by atoms with Gasteiger partial charge in [0.2, 0.25) is 0 Å². The van der Waals surface area contributed by atoms with E-state index in [-0.39, 0.29) is 17.5 Å². The molecule has 206 valence electrons. The quantitative estimate of drug-likeness (QED) is 0.308. The maximum Gasteiger partial charge on any atom is 0.434 e. The molecule has 0 aliphatic carbocycles. The molecule has 1 aliphatic rings. The third kappa shape index (κ3) is 5.37. The lowest BCUT2D eigenvalue weighted by Crippen LogP contribution is -2.30. The van der Waals surface area contributed by atoms with Gasteiger partial charge in [-0.3, -0.25) is 9.48 Å². The number of amides is 1. The molecule has 1 aliphatic heterocycles. The lowest BCUT2D eigenvalue weighted by atomic mass is 10.00. The first kappa shape index (κ1) is 26.4. The van der Waals surface area contributed by atoms with Crippen molar-refractivity contribution < 1.29 is 23.1 Å². The number of carbonyl (C=O) groups excluding carboxylic acids is 1. The van der Waals surface area contributed by atoms with Gasteiger partial charge in [0.1, 0.15) is 5.82 Å². The number of rotatable bonds is 8. The highest BCUT2D eigenvalue weighted by Crippen LogP contribution is 2.33. The number of fused-ring (bicyclic) bond motifs is 1. The summed E-state index contributed by atoms with van der Waals surface area (Å²) >= 11 is 0. The number of aliphatic hydroxyl groups is 1. The fourth-order valence-corrected chi connectivity index (χ4v) is 4.89. The third-order valence-electron chi connectivity index (χ3n) is 6.87. The summed E-state index contributed by atoms with van der Waals surface area (Å²) < 4.78 is 42.1. The number of aromatic nitrogens is 6. The van der Waals surface area contributed by atoms with E-state index in [4.69, 9.17) is 5.73 Å². The van der Waals surface area contributed by atoms with Gasteiger partial charge in [0.05, 0.1) is 54.2 Å². The second kappa shape index (κ2) is 10.2. The van der Waals surface area contributed by atoms with Crippen molar-refractivity contribution in [2.45, 2.75) is 45.1 Å². The largest absolute Gasteiger partial charge is 0.434 e. The predicted octanol–water partition coefficient (Wildman–Crippen LogP) is 2.81. The number of anilines is 2. The van der Waals surface area contributed by atoms with Gasteiger partial charge in [-0.25, -0.2) is 14.5 Å². The van der Waals surface area contributed by atoms with Gasteiger partial charge >= 0.3 is 6.18 Å². The van der Waals surface area contributed by atoms with E-state index in [1.165, 1.54) is 6.20 Å². The molecule has 5 heterocycles. The normalized spacial score (nSPS) is 18.6. The van der Waals surface area contributed by atoms with Crippen LogP contribution in [0.2, 0.25) is 0 Å². The Balaban J connectivity index is 1.45. The van der Waals surface area contributed by atoms with Crippen LogP contribution < -0.4 is 16.0 Å². The Labute approximate surface area is 221 Å². The first-order chi connectivity index (χ1) is 18.5. The van der Waals surface area contributed by atoms with Gasteiger partial charge in [-0.05, 0) is 25.3 Å². The zero-order valence-corrected chi connectivity index (χ0v) is 21.3. The van der Waals surface area contributed by atoms with Crippen LogP contribution in [0.15, 0.2) is 43.2 Å². The SMILES string of the molecule is CC[C@H]1CN(c2cnc(C(F)(F)F)cn2)C[C@H]1Nc1c(C(N)=O)cnn2cc(-c3cnn(CC(C)O)c3)cc12. The van der Waals surface area contributed by atoms with E-state index < -0.39 is 23.9 Å². The number of aliphatic hydroxyl groups excluding tert-OH is 1. The van der Waals surface area contributed by atoms with Crippen LogP contribution >= 0.6 is 0 Å². The minimum absolute atomic E-state index is 0.108. The van der Waals surface area contributed by atoms with Crippen LogP contribution in [0.1, 0.15) is 36.3 Å². The highest BCUT2D eigenvalue weighted by atomic mass is 19.4.